The Kier molecular flexibility index (Phi) is 3.97. The Morgan fingerprint density at radius 1 is 1.04 bits per heavy atom. The normalized spacial score (nSPS) is 15.3. The Labute approximate surface area is 158 Å². The number of aromatic nitrogens is 4. The van der Waals surface area contributed by atoms with Gasteiger partial charge in [0.25, 0.3) is 0 Å². The van der Waals surface area contributed by atoms with Crippen molar-refractivity contribution in [1.82, 2.24) is 19.6 Å². The quantitative estimate of drug-likeness (QED) is 0.605. The van der Waals surface area contributed by atoms with E-state index in [2.05, 4.69) is 40.0 Å². The highest BCUT2D eigenvalue weighted by Crippen LogP contribution is 2.33. The second-order valence-electron chi connectivity index (χ2n) is 7.68. The van der Waals surface area contributed by atoms with Crippen LogP contribution >= 0.6 is 0 Å². The van der Waals surface area contributed by atoms with Crippen LogP contribution in [-0.4, -0.2) is 30.8 Å². The minimum absolute atomic E-state index is 0.445. The Hall–Kier alpha value is -2.66. The summed E-state index contributed by atoms with van der Waals surface area (Å²) < 4.78 is 4.15. The van der Waals surface area contributed by atoms with E-state index < -0.39 is 6.10 Å². The Morgan fingerprint density at radius 3 is 2.81 bits per heavy atom. The highest BCUT2D eigenvalue weighted by atomic mass is 16.3. The maximum atomic E-state index is 10.9. The van der Waals surface area contributed by atoms with Crippen molar-refractivity contribution in [3.63, 3.8) is 0 Å². The molecule has 5 rings (SSSR count). The average molecular weight is 360 g/mol. The van der Waals surface area contributed by atoms with Crippen molar-refractivity contribution in [2.45, 2.75) is 51.8 Å². The van der Waals surface area contributed by atoms with E-state index >= 15 is 0 Å². The first kappa shape index (κ1) is 16.5. The molecule has 4 aromatic rings. The summed E-state index contributed by atoms with van der Waals surface area (Å²) in [5.74, 6) is 0. The molecule has 0 saturated carbocycles. The van der Waals surface area contributed by atoms with E-state index in [4.69, 9.17) is 0 Å². The van der Waals surface area contributed by atoms with Gasteiger partial charge in [-0.2, -0.15) is 0 Å². The molecule has 1 aliphatic rings. The highest BCUT2D eigenvalue weighted by molar-refractivity contribution is 5.86. The van der Waals surface area contributed by atoms with Crippen LogP contribution in [0.25, 0.3) is 21.9 Å². The standard InChI is InChI=1S/C22H24N4O/c1-15-10-11-21-18(12-15)17-6-2-4-8-20(17)25(21)13-16(27)14-26-22-9-5-3-7-19(22)23-24-26/h3,5,7,9-12,16,27H,2,4,6,8,13-14H2,1H3. The number of nitrogens with zero attached hydrogens (tertiary/aromatic N) is 4. The fourth-order valence-electron chi connectivity index (χ4n) is 4.48. The lowest BCUT2D eigenvalue weighted by molar-refractivity contribution is 0.131. The van der Waals surface area contributed by atoms with Crippen LogP contribution in [0.5, 0.6) is 0 Å². The van der Waals surface area contributed by atoms with Crippen molar-refractivity contribution in [3.8, 4) is 0 Å². The molecular weight excluding hydrogens is 336 g/mol. The minimum atomic E-state index is -0.516. The van der Waals surface area contributed by atoms with E-state index in [9.17, 15) is 5.11 Å². The molecule has 0 aliphatic heterocycles. The number of para-hydroxylation sites is 1. The average Bonchev–Trinajstić information content (AvgIpc) is 3.22. The second kappa shape index (κ2) is 6.50. The van der Waals surface area contributed by atoms with E-state index in [1.807, 2.05) is 28.9 Å². The molecular formula is C22H24N4O. The van der Waals surface area contributed by atoms with Gasteiger partial charge in [-0.15, -0.1) is 5.10 Å². The maximum Gasteiger partial charge on any atom is 0.113 e. The minimum Gasteiger partial charge on any atom is -0.389 e. The Morgan fingerprint density at radius 2 is 1.89 bits per heavy atom. The molecule has 2 heterocycles. The van der Waals surface area contributed by atoms with Gasteiger partial charge < -0.3 is 9.67 Å². The third-order valence-corrected chi connectivity index (χ3v) is 5.73. The summed E-state index contributed by atoms with van der Waals surface area (Å²) in [6.45, 7) is 3.18. The molecule has 1 atom stereocenters. The number of hydrogen-bond donors (Lipinski definition) is 1. The topological polar surface area (TPSA) is 55.9 Å². The summed E-state index contributed by atoms with van der Waals surface area (Å²) in [6.07, 6.45) is 4.21. The first-order chi connectivity index (χ1) is 13.2. The summed E-state index contributed by atoms with van der Waals surface area (Å²) in [7, 11) is 0. The number of fused-ring (bicyclic) bond motifs is 4. The van der Waals surface area contributed by atoms with Crippen LogP contribution in [0, 0.1) is 6.92 Å². The number of hydrogen-bond acceptors (Lipinski definition) is 3. The SMILES string of the molecule is Cc1ccc2c(c1)c1c(n2CC(O)Cn2nnc3ccccc32)CCCC1. The molecule has 0 amide bonds. The summed E-state index contributed by atoms with van der Waals surface area (Å²) in [5, 5.41) is 20.6. The fraction of sp³-hybridized carbons (Fsp3) is 0.364. The number of benzene rings is 2. The molecule has 5 heteroatoms. The molecule has 2 aromatic carbocycles. The van der Waals surface area contributed by atoms with E-state index in [0.717, 1.165) is 23.9 Å². The van der Waals surface area contributed by atoms with Gasteiger partial charge in [0.15, 0.2) is 0 Å². The van der Waals surface area contributed by atoms with E-state index in [-0.39, 0.29) is 0 Å². The molecule has 2 aromatic heterocycles. The van der Waals surface area contributed by atoms with Crippen molar-refractivity contribution in [1.29, 1.82) is 0 Å². The van der Waals surface area contributed by atoms with Gasteiger partial charge in [0, 0.05) is 16.6 Å². The van der Waals surface area contributed by atoms with Crippen molar-refractivity contribution in [3.05, 3.63) is 59.3 Å². The first-order valence-corrected chi connectivity index (χ1v) is 9.77. The third kappa shape index (κ3) is 2.82. The summed E-state index contributed by atoms with van der Waals surface area (Å²) in [6, 6.07) is 14.6. The van der Waals surface area contributed by atoms with Crippen molar-refractivity contribution >= 4 is 21.9 Å². The van der Waals surface area contributed by atoms with Gasteiger partial charge in [-0.05, 0) is 62.4 Å². The lowest BCUT2D eigenvalue weighted by Gasteiger charge is -2.19. The third-order valence-electron chi connectivity index (χ3n) is 5.73. The summed E-state index contributed by atoms with van der Waals surface area (Å²) in [5.41, 5.74) is 7.26. The van der Waals surface area contributed by atoms with Crippen LogP contribution in [0.2, 0.25) is 0 Å². The number of rotatable bonds is 4. The van der Waals surface area contributed by atoms with Gasteiger partial charge in [-0.3, -0.25) is 0 Å². The van der Waals surface area contributed by atoms with Crippen LogP contribution in [0.1, 0.15) is 29.7 Å². The maximum absolute atomic E-state index is 10.9. The van der Waals surface area contributed by atoms with Gasteiger partial charge in [-0.25, -0.2) is 4.68 Å². The molecule has 1 aliphatic carbocycles. The molecule has 0 radical (unpaired) electrons. The number of aliphatic hydroxyl groups is 1. The highest BCUT2D eigenvalue weighted by Gasteiger charge is 2.22. The van der Waals surface area contributed by atoms with Crippen LogP contribution in [0.3, 0.4) is 0 Å². The zero-order chi connectivity index (χ0) is 18.4. The van der Waals surface area contributed by atoms with Gasteiger partial charge in [0.05, 0.1) is 24.7 Å². The van der Waals surface area contributed by atoms with Crippen molar-refractivity contribution < 1.29 is 5.11 Å². The Bertz CT molecular complexity index is 1120. The predicted octanol–water partition coefficient (Wildman–Crippen LogP) is 3.63. The lowest BCUT2D eigenvalue weighted by Crippen LogP contribution is -2.24. The molecule has 27 heavy (non-hydrogen) atoms. The molecule has 1 N–H and O–H groups in total. The molecule has 1 unspecified atom stereocenters. The van der Waals surface area contributed by atoms with E-state index in [1.165, 1.54) is 40.6 Å². The second-order valence-corrected chi connectivity index (χ2v) is 7.68. The van der Waals surface area contributed by atoms with Gasteiger partial charge in [0.1, 0.15) is 5.52 Å². The van der Waals surface area contributed by atoms with Crippen molar-refractivity contribution in [2.24, 2.45) is 0 Å². The smallest absolute Gasteiger partial charge is 0.113 e. The Balaban J connectivity index is 1.49. The van der Waals surface area contributed by atoms with Crippen LogP contribution in [0.15, 0.2) is 42.5 Å². The van der Waals surface area contributed by atoms with Crippen LogP contribution < -0.4 is 0 Å². The fourth-order valence-corrected chi connectivity index (χ4v) is 4.48. The predicted molar refractivity (Wildman–Crippen MR) is 107 cm³/mol. The largest absolute Gasteiger partial charge is 0.389 e. The van der Waals surface area contributed by atoms with E-state index in [0.29, 0.717) is 13.1 Å². The van der Waals surface area contributed by atoms with Crippen LogP contribution in [-0.2, 0) is 25.9 Å². The summed E-state index contributed by atoms with van der Waals surface area (Å²) >= 11 is 0. The number of aryl methyl sites for hydroxylation is 2. The zero-order valence-electron chi connectivity index (χ0n) is 15.6. The van der Waals surface area contributed by atoms with Gasteiger partial charge in [0.2, 0.25) is 0 Å². The molecule has 0 bridgehead atoms. The van der Waals surface area contributed by atoms with Gasteiger partial charge >= 0.3 is 0 Å². The molecule has 0 fully saturated rings. The van der Waals surface area contributed by atoms with Crippen LogP contribution in [0.4, 0.5) is 0 Å². The van der Waals surface area contributed by atoms with Gasteiger partial charge in [-0.1, -0.05) is 29.0 Å². The summed E-state index contributed by atoms with van der Waals surface area (Å²) in [4.78, 5) is 0. The lowest BCUT2D eigenvalue weighted by atomic mass is 9.95. The monoisotopic (exact) mass is 360 g/mol. The molecule has 0 spiro atoms. The molecule has 0 saturated heterocycles. The first-order valence-electron chi connectivity index (χ1n) is 9.77. The number of aliphatic hydroxyl groups excluding tert-OH is 1. The zero-order valence-corrected chi connectivity index (χ0v) is 15.6. The van der Waals surface area contributed by atoms with E-state index in [1.54, 1.807) is 0 Å². The molecule has 138 valence electrons. The van der Waals surface area contributed by atoms with Crippen molar-refractivity contribution in [2.75, 3.05) is 0 Å². The molecule has 5 nitrogen and oxygen atoms in total.